The summed E-state index contributed by atoms with van der Waals surface area (Å²) in [6.07, 6.45) is 54.9. The minimum absolute atomic E-state index is 0.298. The zero-order chi connectivity index (χ0) is 32.8. The van der Waals surface area contributed by atoms with Gasteiger partial charge in [0.15, 0.2) is 5.79 Å². The summed E-state index contributed by atoms with van der Waals surface area (Å²) in [6, 6.07) is 0.553. The number of nitrogens with one attached hydrogen (secondary N) is 1. The predicted molar refractivity (Wildman–Crippen MR) is 203 cm³/mol. The fourth-order valence-corrected chi connectivity index (χ4v) is 7.15. The molecule has 0 spiro atoms. The molecule has 1 heterocycles. The first-order chi connectivity index (χ1) is 22.7. The van der Waals surface area contributed by atoms with Crippen LogP contribution < -0.4 is 5.32 Å². The van der Waals surface area contributed by atoms with Crippen molar-refractivity contribution in [2.45, 2.75) is 218 Å². The Hall–Kier alpha value is -1.16. The van der Waals surface area contributed by atoms with Gasteiger partial charge in [0.2, 0.25) is 0 Å². The zero-order valence-corrected chi connectivity index (χ0v) is 31.0. The fraction of sp³-hybridized carbons (Fsp3) is 0.814. The number of allylic oxidation sites excluding steroid dienone is 8. The van der Waals surface area contributed by atoms with E-state index >= 15 is 0 Å². The molecule has 1 aliphatic carbocycles. The van der Waals surface area contributed by atoms with Gasteiger partial charge in [-0.2, -0.15) is 0 Å². The molecule has 3 atom stereocenters. The van der Waals surface area contributed by atoms with E-state index in [1.807, 2.05) is 0 Å². The van der Waals surface area contributed by atoms with Gasteiger partial charge in [0, 0.05) is 18.9 Å². The van der Waals surface area contributed by atoms with Crippen LogP contribution in [0.5, 0.6) is 0 Å². The molecular weight excluding hydrogens is 562 g/mol. The Morgan fingerprint density at radius 1 is 0.478 bits per heavy atom. The lowest BCUT2D eigenvalue weighted by molar-refractivity contribution is -0.191. The Balaban J connectivity index is 1.52. The molecule has 0 unspecified atom stereocenters. The molecule has 0 radical (unpaired) electrons. The van der Waals surface area contributed by atoms with Gasteiger partial charge < -0.3 is 14.8 Å². The topological polar surface area (TPSA) is 30.5 Å². The number of unbranched alkanes of at least 4 members (excludes halogenated alkanes) is 18. The lowest BCUT2D eigenvalue weighted by atomic mass is 9.98. The maximum Gasteiger partial charge on any atom is 0.169 e. The van der Waals surface area contributed by atoms with Crippen LogP contribution in [-0.2, 0) is 9.47 Å². The second-order valence-electron chi connectivity index (χ2n) is 14.3. The van der Waals surface area contributed by atoms with Gasteiger partial charge in [0.25, 0.3) is 0 Å². The Bertz CT molecular complexity index is 735. The molecule has 0 aromatic carbocycles. The molecule has 2 fully saturated rings. The average Bonchev–Trinajstić information content (AvgIpc) is 3.60. The minimum Gasteiger partial charge on any atom is -0.344 e. The van der Waals surface area contributed by atoms with Crippen LogP contribution >= 0.6 is 0 Å². The van der Waals surface area contributed by atoms with Crippen molar-refractivity contribution in [2.75, 3.05) is 7.05 Å². The summed E-state index contributed by atoms with van der Waals surface area (Å²) >= 11 is 0. The standard InChI is InChI=1S/C43H77NO2/c1-4-6-8-10-12-14-16-18-20-22-24-26-28-30-32-34-36-43(45-41-38-40(44-3)39-42(41)46-43)37-35-33-31-29-27-25-23-21-19-17-15-13-11-9-7-5-2/h12-15,18-21,40-42,44H,4-11,16-17,22-39H2,1-3H3/b14-12-,15-13-,20-18-,21-19-/t40-,41-,42+. The summed E-state index contributed by atoms with van der Waals surface area (Å²) < 4.78 is 13.5. The van der Waals surface area contributed by atoms with Crippen LogP contribution in [0, 0.1) is 0 Å². The maximum absolute atomic E-state index is 6.77. The molecule has 0 bridgehead atoms. The van der Waals surface area contributed by atoms with Crippen LogP contribution in [0.4, 0.5) is 0 Å². The Morgan fingerprint density at radius 2 is 0.826 bits per heavy atom. The molecular formula is C43H77NO2. The van der Waals surface area contributed by atoms with E-state index in [4.69, 9.17) is 9.47 Å². The van der Waals surface area contributed by atoms with Gasteiger partial charge in [0.1, 0.15) is 0 Å². The maximum atomic E-state index is 6.77. The lowest BCUT2D eigenvalue weighted by Crippen LogP contribution is -2.34. The highest BCUT2D eigenvalue weighted by Crippen LogP contribution is 2.43. The molecule has 2 aliphatic rings. The Kier molecular flexibility index (Phi) is 25.7. The van der Waals surface area contributed by atoms with Gasteiger partial charge >= 0.3 is 0 Å². The lowest BCUT2D eigenvalue weighted by Gasteiger charge is -2.30. The van der Waals surface area contributed by atoms with Crippen molar-refractivity contribution < 1.29 is 9.47 Å². The van der Waals surface area contributed by atoms with E-state index in [2.05, 4.69) is 74.8 Å². The molecule has 1 N–H and O–H groups in total. The van der Waals surface area contributed by atoms with Crippen LogP contribution in [0.15, 0.2) is 48.6 Å². The monoisotopic (exact) mass is 640 g/mol. The number of hydrogen-bond donors (Lipinski definition) is 1. The van der Waals surface area contributed by atoms with E-state index in [0.29, 0.717) is 18.2 Å². The van der Waals surface area contributed by atoms with E-state index in [1.165, 1.54) is 141 Å². The van der Waals surface area contributed by atoms with Crippen LogP contribution in [0.25, 0.3) is 0 Å². The molecule has 0 aromatic heterocycles. The summed E-state index contributed by atoms with van der Waals surface area (Å²) in [7, 11) is 2.08. The number of rotatable bonds is 31. The average molecular weight is 640 g/mol. The second kappa shape index (κ2) is 28.8. The molecule has 2 rings (SSSR count). The molecule has 3 nitrogen and oxygen atoms in total. The van der Waals surface area contributed by atoms with E-state index in [1.54, 1.807) is 0 Å². The molecule has 3 heteroatoms. The first kappa shape index (κ1) is 41.0. The van der Waals surface area contributed by atoms with Crippen molar-refractivity contribution in [3.8, 4) is 0 Å². The third-order valence-electron chi connectivity index (χ3n) is 10.1. The highest BCUT2D eigenvalue weighted by molar-refractivity contribution is 4.96. The largest absolute Gasteiger partial charge is 0.344 e. The molecule has 0 amide bonds. The van der Waals surface area contributed by atoms with Crippen LogP contribution in [0.3, 0.4) is 0 Å². The van der Waals surface area contributed by atoms with Crippen LogP contribution in [0.2, 0.25) is 0 Å². The first-order valence-corrected chi connectivity index (χ1v) is 20.4. The van der Waals surface area contributed by atoms with Crippen molar-refractivity contribution >= 4 is 0 Å². The summed E-state index contributed by atoms with van der Waals surface area (Å²) in [5.74, 6) is -0.307. The molecule has 0 aromatic rings. The SMILES string of the molecule is CCCCC/C=C\C/C=C\CCCCCCCCC1(CCCCCCCC/C=C\C/C=C\CCCCC)O[C@H]2C[C@H](NC)C[C@H]2O1. The van der Waals surface area contributed by atoms with Crippen LogP contribution in [0.1, 0.15) is 194 Å². The van der Waals surface area contributed by atoms with E-state index in [0.717, 1.165) is 38.5 Å². The fourth-order valence-electron chi connectivity index (χ4n) is 7.15. The van der Waals surface area contributed by atoms with E-state index in [-0.39, 0.29) is 5.79 Å². The quantitative estimate of drug-likeness (QED) is 0.0605. The summed E-state index contributed by atoms with van der Waals surface area (Å²) in [4.78, 5) is 0. The number of fused-ring (bicyclic) bond motifs is 1. The highest BCUT2D eigenvalue weighted by atomic mass is 16.8. The molecule has 266 valence electrons. The van der Waals surface area contributed by atoms with Gasteiger partial charge in [-0.25, -0.2) is 0 Å². The summed E-state index contributed by atoms with van der Waals surface area (Å²) in [5, 5.41) is 3.45. The molecule has 46 heavy (non-hydrogen) atoms. The summed E-state index contributed by atoms with van der Waals surface area (Å²) in [6.45, 7) is 4.54. The second-order valence-corrected chi connectivity index (χ2v) is 14.3. The molecule has 1 saturated carbocycles. The zero-order valence-electron chi connectivity index (χ0n) is 31.0. The summed E-state index contributed by atoms with van der Waals surface area (Å²) in [5.41, 5.74) is 0. The third kappa shape index (κ3) is 20.3. The van der Waals surface area contributed by atoms with Gasteiger partial charge in [-0.15, -0.1) is 0 Å². The van der Waals surface area contributed by atoms with Crippen molar-refractivity contribution in [1.82, 2.24) is 5.32 Å². The van der Waals surface area contributed by atoms with Gasteiger partial charge in [-0.05, 0) is 96.9 Å². The third-order valence-corrected chi connectivity index (χ3v) is 10.1. The predicted octanol–water partition coefficient (Wildman–Crippen LogP) is 13.3. The molecule has 1 saturated heterocycles. The van der Waals surface area contributed by atoms with Crippen molar-refractivity contribution in [2.24, 2.45) is 0 Å². The van der Waals surface area contributed by atoms with Crippen molar-refractivity contribution in [3.63, 3.8) is 0 Å². The van der Waals surface area contributed by atoms with Crippen LogP contribution in [-0.4, -0.2) is 31.1 Å². The van der Waals surface area contributed by atoms with Crippen molar-refractivity contribution in [3.05, 3.63) is 48.6 Å². The Labute approximate surface area is 287 Å². The number of ether oxygens (including phenoxy) is 2. The van der Waals surface area contributed by atoms with Crippen molar-refractivity contribution in [1.29, 1.82) is 0 Å². The normalized spacial score (nSPS) is 21.2. The first-order valence-electron chi connectivity index (χ1n) is 20.4. The number of hydrogen-bond acceptors (Lipinski definition) is 3. The Morgan fingerprint density at radius 3 is 1.20 bits per heavy atom. The van der Waals surface area contributed by atoms with E-state index < -0.39 is 0 Å². The van der Waals surface area contributed by atoms with Gasteiger partial charge in [-0.1, -0.05) is 140 Å². The van der Waals surface area contributed by atoms with E-state index in [9.17, 15) is 0 Å². The van der Waals surface area contributed by atoms with Gasteiger partial charge in [0.05, 0.1) is 12.2 Å². The highest BCUT2D eigenvalue weighted by Gasteiger charge is 2.50. The molecule has 1 aliphatic heterocycles. The smallest absolute Gasteiger partial charge is 0.169 e. The minimum atomic E-state index is -0.307. The van der Waals surface area contributed by atoms with Gasteiger partial charge in [-0.3, -0.25) is 0 Å².